The maximum atomic E-state index is 12.2. The second-order valence-corrected chi connectivity index (χ2v) is 5.93. The molecule has 108 valence electrons. The van der Waals surface area contributed by atoms with Crippen molar-refractivity contribution in [3.63, 3.8) is 0 Å². The van der Waals surface area contributed by atoms with Crippen LogP contribution in [0.1, 0.15) is 24.0 Å². The zero-order valence-electron chi connectivity index (χ0n) is 11.6. The van der Waals surface area contributed by atoms with Crippen LogP contribution in [0.2, 0.25) is 0 Å². The zero-order valence-corrected chi connectivity index (χ0v) is 11.6. The second-order valence-electron chi connectivity index (χ2n) is 5.93. The maximum absolute atomic E-state index is 12.2. The van der Waals surface area contributed by atoms with E-state index >= 15 is 0 Å². The van der Waals surface area contributed by atoms with Crippen LogP contribution in [0.15, 0.2) is 24.3 Å². The average molecular weight is 275 g/mol. The van der Waals surface area contributed by atoms with Gasteiger partial charge in [0, 0.05) is 38.5 Å². The first-order chi connectivity index (χ1) is 9.66. The Morgan fingerprint density at radius 3 is 2.45 bits per heavy atom. The monoisotopic (exact) mass is 275 g/mol. The van der Waals surface area contributed by atoms with Crippen LogP contribution < -0.4 is 5.32 Å². The van der Waals surface area contributed by atoms with Crippen LogP contribution in [-0.4, -0.2) is 36.4 Å². The lowest BCUT2D eigenvalue weighted by molar-refractivity contribution is -0.127. The number of amides is 1. The number of hydrogen-bond acceptors (Lipinski definition) is 3. The SMILES string of the molecule is O=C(NCC1(O)CCOCC1)C1Cc2ccccc2C1. The van der Waals surface area contributed by atoms with Gasteiger partial charge < -0.3 is 15.2 Å². The molecule has 20 heavy (non-hydrogen) atoms. The highest BCUT2D eigenvalue weighted by atomic mass is 16.5. The van der Waals surface area contributed by atoms with Crippen molar-refractivity contribution in [2.45, 2.75) is 31.3 Å². The molecule has 0 spiro atoms. The molecule has 1 fully saturated rings. The molecule has 2 N–H and O–H groups in total. The summed E-state index contributed by atoms with van der Waals surface area (Å²) in [5.41, 5.74) is 1.76. The minimum Gasteiger partial charge on any atom is -0.388 e. The van der Waals surface area contributed by atoms with Gasteiger partial charge in [0.15, 0.2) is 0 Å². The summed E-state index contributed by atoms with van der Waals surface area (Å²) < 4.78 is 5.24. The van der Waals surface area contributed by atoms with Crippen LogP contribution in [0, 0.1) is 5.92 Å². The minimum atomic E-state index is -0.792. The van der Waals surface area contributed by atoms with Gasteiger partial charge in [-0.3, -0.25) is 4.79 Å². The molecule has 1 amide bonds. The topological polar surface area (TPSA) is 58.6 Å². The molecule has 0 radical (unpaired) electrons. The van der Waals surface area contributed by atoms with Crippen LogP contribution in [0.3, 0.4) is 0 Å². The van der Waals surface area contributed by atoms with Gasteiger partial charge in [0.05, 0.1) is 5.60 Å². The first-order valence-electron chi connectivity index (χ1n) is 7.31. The molecule has 0 unspecified atom stereocenters. The summed E-state index contributed by atoms with van der Waals surface area (Å²) in [4.78, 5) is 12.2. The fourth-order valence-electron chi connectivity index (χ4n) is 3.07. The normalized spacial score (nSPS) is 21.4. The van der Waals surface area contributed by atoms with E-state index in [2.05, 4.69) is 17.4 Å². The van der Waals surface area contributed by atoms with Gasteiger partial charge in [0.25, 0.3) is 0 Å². The number of nitrogens with one attached hydrogen (secondary N) is 1. The van der Waals surface area contributed by atoms with Gasteiger partial charge in [-0.25, -0.2) is 0 Å². The van der Waals surface area contributed by atoms with Crippen molar-refractivity contribution in [3.05, 3.63) is 35.4 Å². The highest BCUT2D eigenvalue weighted by Crippen LogP contribution is 2.27. The van der Waals surface area contributed by atoms with Gasteiger partial charge >= 0.3 is 0 Å². The van der Waals surface area contributed by atoms with E-state index in [0.29, 0.717) is 32.6 Å². The Bertz CT molecular complexity index is 469. The van der Waals surface area contributed by atoms with Crippen LogP contribution >= 0.6 is 0 Å². The number of carbonyl (C=O) groups is 1. The van der Waals surface area contributed by atoms with E-state index in [1.54, 1.807) is 0 Å². The Labute approximate surface area is 119 Å². The van der Waals surface area contributed by atoms with E-state index in [-0.39, 0.29) is 11.8 Å². The summed E-state index contributed by atoms with van der Waals surface area (Å²) in [6.45, 7) is 1.48. The van der Waals surface area contributed by atoms with Crippen molar-refractivity contribution < 1.29 is 14.6 Å². The van der Waals surface area contributed by atoms with E-state index < -0.39 is 5.60 Å². The molecule has 3 rings (SSSR count). The van der Waals surface area contributed by atoms with Gasteiger partial charge in [-0.05, 0) is 24.0 Å². The predicted octanol–water partition coefficient (Wildman–Crippen LogP) is 1.06. The number of rotatable bonds is 3. The molecule has 0 saturated carbocycles. The highest BCUT2D eigenvalue weighted by Gasteiger charge is 2.32. The van der Waals surface area contributed by atoms with Crippen molar-refractivity contribution in [3.8, 4) is 0 Å². The Balaban J connectivity index is 1.53. The third kappa shape index (κ3) is 2.86. The molecular formula is C16H21NO3. The van der Waals surface area contributed by atoms with Gasteiger partial charge in [-0.2, -0.15) is 0 Å². The lowest BCUT2D eigenvalue weighted by Crippen LogP contribution is -2.48. The Hall–Kier alpha value is -1.39. The fourth-order valence-corrected chi connectivity index (χ4v) is 3.07. The lowest BCUT2D eigenvalue weighted by atomic mass is 9.94. The summed E-state index contributed by atoms with van der Waals surface area (Å²) >= 11 is 0. The van der Waals surface area contributed by atoms with Crippen molar-refractivity contribution >= 4 is 5.91 Å². The summed E-state index contributed by atoms with van der Waals surface area (Å²) in [6.07, 6.45) is 2.81. The molecular weight excluding hydrogens is 254 g/mol. The van der Waals surface area contributed by atoms with Gasteiger partial charge in [0.1, 0.15) is 0 Å². The van der Waals surface area contributed by atoms with E-state index in [1.165, 1.54) is 11.1 Å². The Morgan fingerprint density at radius 2 is 1.85 bits per heavy atom. The van der Waals surface area contributed by atoms with Crippen molar-refractivity contribution in [2.75, 3.05) is 19.8 Å². The average Bonchev–Trinajstić information content (AvgIpc) is 2.89. The predicted molar refractivity (Wildman–Crippen MR) is 75.4 cm³/mol. The molecule has 1 aromatic rings. The van der Waals surface area contributed by atoms with Crippen molar-refractivity contribution in [1.29, 1.82) is 0 Å². The molecule has 0 aromatic heterocycles. The van der Waals surface area contributed by atoms with Crippen LogP contribution in [0.5, 0.6) is 0 Å². The first-order valence-corrected chi connectivity index (χ1v) is 7.31. The fraction of sp³-hybridized carbons (Fsp3) is 0.562. The number of ether oxygens (including phenoxy) is 1. The molecule has 0 bridgehead atoms. The van der Waals surface area contributed by atoms with Crippen molar-refractivity contribution in [2.24, 2.45) is 5.92 Å². The van der Waals surface area contributed by atoms with Gasteiger partial charge in [-0.1, -0.05) is 24.3 Å². The Morgan fingerprint density at radius 1 is 1.25 bits per heavy atom. The summed E-state index contributed by atoms with van der Waals surface area (Å²) in [5.74, 6) is 0.0666. The number of hydrogen-bond donors (Lipinski definition) is 2. The largest absolute Gasteiger partial charge is 0.388 e. The molecule has 1 heterocycles. The Kier molecular flexibility index (Phi) is 3.76. The molecule has 1 aromatic carbocycles. The quantitative estimate of drug-likeness (QED) is 0.867. The second kappa shape index (κ2) is 5.54. The molecule has 4 nitrogen and oxygen atoms in total. The summed E-state index contributed by atoms with van der Waals surface area (Å²) in [5, 5.41) is 13.3. The molecule has 1 aliphatic carbocycles. The smallest absolute Gasteiger partial charge is 0.223 e. The third-order valence-electron chi connectivity index (χ3n) is 4.44. The third-order valence-corrected chi connectivity index (χ3v) is 4.44. The number of fused-ring (bicyclic) bond motifs is 1. The molecule has 1 aliphatic heterocycles. The van der Waals surface area contributed by atoms with E-state index in [9.17, 15) is 9.90 Å². The van der Waals surface area contributed by atoms with E-state index in [1.807, 2.05) is 12.1 Å². The van der Waals surface area contributed by atoms with Gasteiger partial charge in [-0.15, -0.1) is 0 Å². The van der Waals surface area contributed by atoms with Crippen LogP contribution in [0.25, 0.3) is 0 Å². The molecule has 4 heteroatoms. The van der Waals surface area contributed by atoms with E-state index in [4.69, 9.17) is 4.74 Å². The summed E-state index contributed by atoms with van der Waals surface area (Å²) in [6, 6.07) is 8.22. The molecule has 1 saturated heterocycles. The number of carbonyl (C=O) groups excluding carboxylic acids is 1. The standard InChI is InChI=1S/C16H21NO3/c18-15(17-11-16(19)5-7-20-8-6-16)14-9-12-3-1-2-4-13(12)10-14/h1-4,14,19H,5-11H2,(H,17,18). The van der Waals surface area contributed by atoms with Crippen molar-refractivity contribution in [1.82, 2.24) is 5.32 Å². The van der Waals surface area contributed by atoms with E-state index in [0.717, 1.165) is 12.8 Å². The zero-order chi connectivity index (χ0) is 14.0. The number of benzene rings is 1. The summed E-state index contributed by atoms with van der Waals surface area (Å²) in [7, 11) is 0. The number of aliphatic hydroxyl groups is 1. The highest BCUT2D eigenvalue weighted by molar-refractivity contribution is 5.80. The lowest BCUT2D eigenvalue weighted by Gasteiger charge is -2.32. The van der Waals surface area contributed by atoms with Crippen LogP contribution in [0.4, 0.5) is 0 Å². The van der Waals surface area contributed by atoms with Gasteiger partial charge in [0.2, 0.25) is 5.91 Å². The maximum Gasteiger partial charge on any atom is 0.223 e. The van der Waals surface area contributed by atoms with Crippen LogP contribution in [-0.2, 0) is 22.4 Å². The first kappa shape index (κ1) is 13.6. The molecule has 0 atom stereocenters. The molecule has 2 aliphatic rings. The minimum absolute atomic E-state index is 0.0100.